The first-order valence-electron chi connectivity index (χ1n) is 7.45. The molecular weight excluding hydrogens is 324 g/mol. The van der Waals surface area contributed by atoms with Crippen LogP contribution in [0.4, 0.5) is 0 Å². The average Bonchev–Trinajstić information content (AvgIpc) is 3.27. The van der Waals surface area contributed by atoms with Gasteiger partial charge in [-0.15, -0.1) is 0 Å². The van der Waals surface area contributed by atoms with Gasteiger partial charge in [0.15, 0.2) is 0 Å². The summed E-state index contributed by atoms with van der Waals surface area (Å²) in [4.78, 5) is 0. The Bertz CT molecular complexity index is 1010. The zero-order chi connectivity index (χ0) is 16.7. The summed E-state index contributed by atoms with van der Waals surface area (Å²) in [5.74, 6) is 0. The van der Waals surface area contributed by atoms with Crippen molar-refractivity contribution in [3.05, 3.63) is 60.1 Å². The Kier molecular flexibility index (Phi) is 3.46. The molecule has 24 heavy (non-hydrogen) atoms. The Morgan fingerprint density at radius 3 is 2.21 bits per heavy atom. The molecule has 0 unspecified atom stereocenters. The molecule has 0 atom stereocenters. The van der Waals surface area contributed by atoms with E-state index in [1.165, 1.54) is 0 Å². The fourth-order valence-corrected chi connectivity index (χ4v) is 2.86. The van der Waals surface area contributed by atoms with Gasteiger partial charge in [-0.05, 0) is 18.2 Å². The van der Waals surface area contributed by atoms with Crippen LogP contribution in [0.1, 0.15) is 0 Å². The predicted octanol–water partition coefficient (Wildman–Crippen LogP) is 3.33. The summed E-state index contributed by atoms with van der Waals surface area (Å²) in [5.41, 5.74) is 4.51. The van der Waals surface area contributed by atoms with Gasteiger partial charge >= 0.3 is 0 Å². The smallest absolute Gasteiger partial charge is 0.0965 e. The molecule has 0 amide bonds. The summed E-state index contributed by atoms with van der Waals surface area (Å²) in [6.07, 6.45) is 7.51. The second-order valence-corrected chi connectivity index (χ2v) is 5.99. The van der Waals surface area contributed by atoms with Gasteiger partial charge in [-0.1, -0.05) is 23.7 Å². The van der Waals surface area contributed by atoms with Gasteiger partial charge < -0.3 is 0 Å². The lowest BCUT2D eigenvalue weighted by molar-refractivity contribution is 0.767. The molecule has 0 aliphatic heterocycles. The van der Waals surface area contributed by atoms with E-state index in [0.717, 1.165) is 28.2 Å². The largest absolute Gasteiger partial charge is 0.275 e. The van der Waals surface area contributed by atoms with Crippen LogP contribution in [0.25, 0.3) is 28.2 Å². The Balaban J connectivity index is 1.93. The quantitative estimate of drug-likeness (QED) is 0.575. The maximum atomic E-state index is 6.38. The topological polar surface area (TPSA) is 53.5 Å². The summed E-state index contributed by atoms with van der Waals surface area (Å²) in [6, 6.07) is 9.68. The van der Waals surface area contributed by atoms with Gasteiger partial charge in [0.25, 0.3) is 0 Å². The average molecular weight is 339 g/mol. The summed E-state index contributed by atoms with van der Waals surface area (Å²) in [5, 5.41) is 13.9. The highest BCUT2D eigenvalue weighted by Gasteiger charge is 2.16. The van der Waals surface area contributed by atoms with E-state index < -0.39 is 0 Å². The number of hydrogen-bond donors (Lipinski definition) is 0. The van der Waals surface area contributed by atoms with Crippen LogP contribution in [0.2, 0.25) is 5.02 Å². The monoisotopic (exact) mass is 338 g/mol. The molecule has 0 aliphatic carbocycles. The minimum atomic E-state index is 0.642. The van der Waals surface area contributed by atoms with E-state index in [4.69, 9.17) is 16.7 Å². The number of hydrogen-bond acceptors (Lipinski definition) is 3. The number of para-hydroxylation sites is 1. The van der Waals surface area contributed by atoms with Gasteiger partial charge in [-0.2, -0.15) is 15.3 Å². The molecule has 0 aliphatic rings. The van der Waals surface area contributed by atoms with Crippen LogP contribution in [0, 0.1) is 0 Å². The normalized spacial score (nSPS) is 11.1. The van der Waals surface area contributed by atoms with E-state index in [9.17, 15) is 0 Å². The van der Waals surface area contributed by atoms with Crippen molar-refractivity contribution >= 4 is 11.6 Å². The second kappa shape index (κ2) is 5.65. The molecule has 7 heteroatoms. The van der Waals surface area contributed by atoms with Crippen LogP contribution in [0.3, 0.4) is 0 Å². The van der Waals surface area contributed by atoms with Crippen LogP contribution in [-0.2, 0) is 14.1 Å². The van der Waals surface area contributed by atoms with Gasteiger partial charge in [0, 0.05) is 37.6 Å². The number of nitrogens with zero attached hydrogens (tertiary/aromatic N) is 6. The summed E-state index contributed by atoms with van der Waals surface area (Å²) in [6.45, 7) is 0. The van der Waals surface area contributed by atoms with Crippen molar-refractivity contribution in [2.45, 2.75) is 0 Å². The molecule has 0 fully saturated rings. The molecule has 0 saturated carbocycles. The number of aromatic nitrogens is 6. The van der Waals surface area contributed by atoms with E-state index in [1.54, 1.807) is 15.6 Å². The molecule has 1 aromatic carbocycles. The number of aryl methyl sites for hydroxylation is 2. The Morgan fingerprint density at radius 2 is 1.58 bits per heavy atom. The van der Waals surface area contributed by atoms with Crippen molar-refractivity contribution in [3.8, 4) is 28.2 Å². The van der Waals surface area contributed by atoms with E-state index in [2.05, 4.69) is 10.2 Å². The Morgan fingerprint density at radius 1 is 0.917 bits per heavy atom. The summed E-state index contributed by atoms with van der Waals surface area (Å²) < 4.78 is 5.37. The summed E-state index contributed by atoms with van der Waals surface area (Å²) in [7, 11) is 3.78. The number of benzene rings is 1. The van der Waals surface area contributed by atoms with E-state index in [0.29, 0.717) is 5.02 Å². The van der Waals surface area contributed by atoms with Crippen LogP contribution in [0.15, 0.2) is 55.1 Å². The maximum Gasteiger partial charge on any atom is 0.0965 e. The third-order valence-corrected chi connectivity index (χ3v) is 4.11. The van der Waals surface area contributed by atoms with Crippen LogP contribution in [-0.4, -0.2) is 29.3 Å². The maximum absolute atomic E-state index is 6.38. The lowest BCUT2D eigenvalue weighted by Gasteiger charge is -2.07. The zero-order valence-corrected chi connectivity index (χ0v) is 14.0. The molecule has 0 radical (unpaired) electrons. The Hall–Kier alpha value is -2.86. The molecule has 0 N–H and O–H groups in total. The lowest BCUT2D eigenvalue weighted by atomic mass is 10.2. The molecule has 0 saturated heterocycles. The van der Waals surface area contributed by atoms with Gasteiger partial charge in [-0.25, -0.2) is 4.68 Å². The fourth-order valence-electron chi connectivity index (χ4n) is 2.64. The first-order valence-corrected chi connectivity index (χ1v) is 7.82. The molecule has 0 bridgehead atoms. The SMILES string of the molecule is Cn1cc(-c2cc(-c3cnn(C)c3)n(-c3ccccc3Cl)n2)cn1. The van der Waals surface area contributed by atoms with Crippen molar-refractivity contribution in [1.29, 1.82) is 0 Å². The molecule has 4 rings (SSSR count). The van der Waals surface area contributed by atoms with Gasteiger partial charge in [0.2, 0.25) is 0 Å². The van der Waals surface area contributed by atoms with Gasteiger partial charge in [0.1, 0.15) is 0 Å². The van der Waals surface area contributed by atoms with Crippen molar-refractivity contribution in [1.82, 2.24) is 29.3 Å². The first kappa shape index (κ1) is 14.7. The van der Waals surface area contributed by atoms with Crippen LogP contribution >= 0.6 is 11.6 Å². The highest BCUT2D eigenvalue weighted by Crippen LogP contribution is 2.30. The third-order valence-electron chi connectivity index (χ3n) is 3.79. The Labute approximate surface area is 143 Å². The minimum Gasteiger partial charge on any atom is -0.275 e. The highest BCUT2D eigenvalue weighted by atomic mass is 35.5. The second-order valence-electron chi connectivity index (χ2n) is 5.58. The molecular formula is C17H15ClN6. The van der Waals surface area contributed by atoms with Crippen LogP contribution in [0.5, 0.6) is 0 Å². The third kappa shape index (κ3) is 2.51. The highest BCUT2D eigenvalue weighted by molar-refractivity contribution is 6.32. The molecule has 3 aromatic heterocycles. The lowest BCUT2D eigenvalue weighted by Crippen LogP contribution is -1.99. The van der Waals surface area contributed by atoms with E-state index in [1.807, 2.05) is 67.7 Å². The van der Waals surface area contributed by atoms with Crippen molar-refractivity contribution < 1.29 is 0 Å². The minimum absolute atomic E-state index is 0.642. The fraction of sp³-hybridized carbons (Fsp3) is 0.118. The van der Waals surface area contributed by atoms with Crippen molar-refractivity contribution in [3.63, 3.8) is 0 Å². The van der Waals surface area contributed by atoms with Crippen molar-refractivity contribution in [2.24, 2.45) is 14.1 Å². The molecule has 0 spiro atoms. The van der Waals surface area contributed by atoms with Crippen molar-refractivity contribution in [2.75, 3.05) is 0 Å². The predicted molar refractivity (Wildman–Crippen MR) is 93.0 cm³/mol. The molecule has 4 aromatic rings. The van der Waals surface area contributed by atoms with Crippen LogP contribution < -0.4 is 0 Å². The van der Waals surface area contributed by atoms with E-state index in [-0.39, 0.29) is 0 Å². The zero-order valence-electron chi connectivity index (χ0n) is 13.3. The standard InChI is InChI=1S/C17H15ClN6/c1-22-10-12(8-19-22)15-7-17(13-9-20-23(2)11-13)24(21-15)16-6-4-3-5-14(16)18/h3-11H,1-2H3. The van der Waals surface area contributed by atoms with Gasteiger partial charge in [0.05, 0.1) is 34.5 Å². The summed E-state index contributed by atoms with van der Waals surface area (Å²) >= 11 is 6.38. The first-order chi connectivity index (χ1) is 11.6. The molecule has 6 nitrogen and oxygen atoms in total. The molecule has 120 valence electrons. The van der Waals surface area contributed by atoms with E-state index >= 15 is 0 Å². The molecule has 3 heterocycles. The number of halogens is 1. The number of rotatable bonds is 3. The van der Waals surface area contributed by atoms with Gasteiger partial charge in [-0.3, -0.25) is 9.36 Å².